The first-order valence-electron chi connectivity index (χ1n) is 7.81. The first kappa shape index (κ1) is 16.1. The zero-order valence-corrected chi connectivity index (χ0v) is 14.0. The van der Waals surface area contributed by atoms with Crippen LogP contribution >= 0.6 is 11.8 Å². The highest BCUT2D eigenvalue weighted by Gasteiger charge is 2.16. The highest BCUT2D eigenvalue weighted by atomic mass is 32.2. The molecule has 2 heterocycles. The van der Waals surface area contributed by atoms with Crippen LogP contribution in [0.25, 0.3) is 0 Å². The van der Waals surface area contributed by atoms with E-state index in [1.807, 2.05) is 41.4 Å². The lowest BCUT2D eigenvalue weighted by atomic mass is 10.0. The fourth-order valence-electron chi connectivity index (χ4n) is 2.75. The number of rotatable bonds is 5. The molecule has 0 radical (unpaired) electrons. The number of benzene rings is 1. The largest absolute Gasteiger partial charge is 0.381 e. The molecule has 23 heavy (non-hydrogen) atoms. The highest BCUT2D eigenvalue weighted by molar-refractivity contribution is 7.98. The van der Waals surface area contributed by atoms with Gasteiger partial charge in [-0.25, -0.2) is 0 Å². The number of thioether (sulfide) groups is 1. The van der Waals surface area contributed by atoms with Crippen LogP contribution in [0.2, 0.25) is 0 Å². The van der Waals surface area contributed by atoms with E-state index in [0.717, 1.165) is 43.2 Å². The Bertz CT molecular complexity index is 665. The molecule has 1 aliphatic rings. The molecule has 2 aromatic rings. The number of ether oxygens (including phenoxy) is 1. The Hall–Kier alpha value is -1.79. The molecule has 1 amide bonds. The van der Waals surface area contributed by atoms with Gasteiger partial charge in [-0.3, -0.25) is 9.48 Å². The quantitative estimate of drug-likeness (QED) is 0.854. The molecule has 0 atom stereocenters. The van der Waals surface area contributed by atoms with E-state index in [0.29, 0.717) is 11.5 Å². The van der Waals surface area contributed by atoms with Gasteiger partial charge in [0.15, 0.2) is 0 Å². The van der Waals surface area contributed by atoms with Gasteiger partial charge >= 0.3 is 0 Å². The average Bonchev–Trinajstić information content (AvgIpc) is 3.02. The number of amides is 1. The van der Waals surface area contributed by atoms with E-state index in [-0.39, 0.29) is 5.91 Å². The summed E-state index contributed by atoms with van der Waals surface area (Å²) < 4.78 is 7.29. The second-order valence-corrected chi connectivity index (χ2v) is 6.51. The molecule has 1 aliphatic heterocycles. The van der Waals surface area contributed by atoms with E-state index >= 15 is 0 Å². The number of nitrogens with zero attached hydrogens (tertiary/aromatic N) is 2. The van der Waals surface area contributed by atoms with Crippen molar-refractivity contribution >= 4 is 23.4 Å². The Morgan fingerprint density at radius 1 is 1.39 bits per heavy atom. The lowest BCUT2D eigenvalue weighted by Gasteiger charge is -2.21. The smallest absolute Gasteiger partial charge is 0.256 e. The molecular formula is C17H21N3O2S. The van der Waals surface area contributed by atoms with Crippen LogP contribution in [0.4, 0.5) is 5.69 Å². The first-order valence-corrected chi connectivity index (χ1v) is 9.03. The molecule has 0 saturated carbocycles. The summed E-state index contributed by atoms with van der Waals surface area (Å²) in [7, 11) is 0. The maximum Gasteiger partial charge on any atom is 0.256 e. The van der Waals surface area contributed by atoms with Crippen molar-refractivity contribution in [2.24, 2.45) is 5.92 Å². The maximum absolute atomic E-state index is 12.4. The third-order valence-electron chi connectivity index (χ3n) is 4.03. The van der Waals surface area contributed by atoms with Gasteiger partial charge in [0, 0.05) is 30.9 Å². The topological polar surface area (TPSA) is 56.2 Å². The molecule has 5 nitrogen and oxygen atoms in total. The molecular weight excluding hydrogens is 310 g/mol. The Morgan fingerprint density at radius 3 is 2.96 bits per heavy atom. The molecule has 6 heteroatoms. The van der Waals surface area contributed by atoms with Crippen molar-refractivity contribution in [1.82, 2.24) is 9.78 Å². The number of anilines is 1. The van der Waals surface area contributed by atoms with Gasteiger partial charge < -0.3 is 10.1 Å². The summed E-state index contributed by atoms with van der Waals surface area (Å²) in [6.07, 6.45) is 7.72. The Labute approximate surface area is 140 Å². The Kier molecular flexibility index (Phi) is 5.35. The molecule has 3 rings (SSSR count). The van der Waals surface area contributed by atoms with Gasteiger partial charge in [-0.2, -0.15) is 5.10 Å². The van der Waals surface area contributed by atoms with Gasteiger partial charge in [-0.05, 0) is 37.1 Å². The summed E-state index contributed by atoms with van der Waals surface area (Å²) in [6, 6.07) is 7.61. The summed E-state index contributed by atoms with van der Waals surface area (Å²) in [6.45, 7) is 2.54. The number of nitrogens with one attached hydrogen (secondary N) is 1. The predicted molar refractivity (Wildman–Crippen MR) is 91.9 cm³/mol. The Morgan fingerprint density at radius 2 is 2.17 bits per heavy atom. The van der Waals surface area contributed by atoms with Crippen LogP contribution in [-0.4, -0.2) is 35.2 Å². The Balaban J connectivity index is 1.63. The SMILES string of the molecule is CSc1ccccc1C(=O)Nc1cnn(CC2CCOCC2)c1. The van der Waals surface area contributed by atoms with Crippen molar-refractivity contribution in [3.63, 3.8) is 0 Å². The molecule has 0 spiro atoms. The fraction of sp³-hybridized carbons (Fsp3) is 0.412. The van der Waals surface area contributed by atoms with Crippen molar-refractivity contribution in [2.45, 2.75) is 24.3 Å². The van der Waals surface area contributed by atoms with Gasteiger partial charge in [0.05, 0.1) is 17.4 Å². The van der Waals surface area contributed by atoms with E-state index in [4.69, 9.17) is 4.74 Å². The van der Waals surface area contributed by atoms with Crippen LogP contribution in [-0.2, 0) is 11.3 Å². The highest BCUT2D eigenvalue weighted by Crippen LogP contribution is 2.21. The second kappa shape index (κ2) is 7.66. The van der Waals surface area contributed by atoms with Crippen LogP contribution < -0.4 is 5.32 Å². The number of carbonyl (C=O) groups is 1. The molecule has 122 valence electrons. The molecule has 1 aromatic heterocycles. The molecule has 1 N–H and O–H groups in total. The van der Waals surface area contributed by atoms with Crippen molar-refractivity contribution in [2.75, 3.05) is 24.8 Å². The van der Waals surface area contributed by atoms with E-state index in [1.165, 1.54) is 0 Å². The zero-order chi connectivity index (χ0) is 16.1. The van der Waals surface area contributed by atoms with Crippen LogP contribution in [0.1, 0.15) is 23.2 Å². The minimum atomic E-state index is -0.0967. The van der Waals surface area contributed by atoms with Crippen molar-refractivity contribution in [3.05, 3.63) is 42.2 Å². The van der Waals surface area contributed by atoms with Gasteiger partial charge in [-0.15, -0.1) is 11.8 Å². The summed E-state index contributed by atoms with van der Waals surface area (Å²) in [5, 5.41) is 7.29. The monoisotopic (exact) mass is 331 g/mol. The van der Waals surface area contributed by atoms with Crippen LogP contribution in [0.15, 0.2) is 41.6 Å². The second-order valence-electron chi connectivity index (χ2n) is 5.66. The van der Waals surface area contributed by atoms with Crippen molar-refractivity contribution in [3.8, 4) is 0 Å². The molecule has 0 unspecified atom stereocenters. The van der Waals surface area contributed by atoms with Gasteiger partial charge in [-0.1, -0.05) is 12.1 Å². The van der Waals surface area contributed by atoms with Crippen LogP contribution in [0, 0.1) is 5.92 Å². The molecule has 0 aliphatic carbocycles. The lowest BCUT2D eigenvalue weighted by Crippen LogP contribution is -2.20. The van der Waals surface area contributed by atoms with Crippen molar-refractivity contribution in [1.29, 1.82) is 0 Å². The number of hydrogen-bond donors (Lipinski definition) is 1. The van der Waals surface area contributed by atoms with Crippen LogP contribution in [0.5, 0.6) is 0 Å². The number of aromatic nitrogens is 2. The number of carbonyl (C=O) groups excluding carboxylic acids is 1. The van der Waals surface area contributed by atoms with E-state index in [9.17, 15) is 4.79 Å². The molecule has 0 bridgehead atoms. The molecule has 1 fully saturated rings. The van der Waals surface area contributed by atoms with Gasteiger partial charge in [0.1, 0.15) is 0 Å². The standard InChI is InChI=1S/C17H21N3O2S/c1-23-16-5-3-2-4-15(16)17(21)19-14-10-18-20(12-14)11-13-6-8-22-9-7-13/h2-5,10,12-13H,6-9,11H2,1H3,(H,19,21). The first-order chi connectivity index (χ1) is 11.3. The lowest BCUT2D eigenvalue weighted by molar-refractivity contribution is 0.0601. The zero-order valence-electron chi connectivity index (χ0n) is 13.2. The molecule has 1 aromatic carbocycles. The van der Waals surface area contributed by atoms with E-state index < -0.39 is 0 Å². The minimum absolute atomic E-state index is 0.0967. The summed E-state index contributed by atoms with van der Waals surface area (Å²) in [4.78, 5) is 13.4. The summed E-state index contributed by atoms with van der Waals surface area (Å²) in [5.74, 6) is 0.505. The average molecular weight is 331 g/mol. The van der Waals surface area contributed by atoms with Crippen LogP contribution in [0.3, 0.4) is 0 Å². The summed E-state index contributed by atoms with van der Waals surface area (Å²) in [5.41, 5.74) is 1.43. The minimum Gasteiger partial charge on any atom is -0.381 e. The normalized spacial score (nSPS) is 15.5. The third kappa shape index (κ3) is 4.14. The van der Waals surface area contributed by atoms with Crippen molar-refractivity contribution < 1.29 is 9.53 Å². The maximum atomic E-state index is 12.4. The fourth-order valence-corrected chi connectivity index (χ4v) is 3.35. The summed E-state index contributed by atoms with van der Waals surface area (Å²) >= 11 is 1.57. The number of hydrogen-bond acceptors (Lipinski definition) is 4. The van der Waals surface area contributed by atoms with Gasteiger partial charge in [0.2, 0.25) is 0 Å². The molecule has 1 saturated heterocycles. The van der Waals surface area contributed by atoms with E-state index in [2.05, 4.69) is 10.4 Å². The third-order valence-corrected chi connectivity index (χ3v) is 4.82. The van der Waals surface area contributed by atoms with Gasteiger partial charge in [0.25, 0.3) is 5.91 Å². The predicted octanol–water partition coefficient (Wildman–Crippen LogP) is 3.28. The van der Waals surface area contributed by atoms with E-state index in [1.54, 1.807) is 18.0 Å².